The number of halogens is 1. The molecule has 2 aliphatic rings. The predicted octanol–water partition coefficient (Wildman–Crippen LogP) is 2.31. The molecule has 3 rings (SSSR count). The number of carbonyl (C=O) groups excluding carboxylic acids is 1. The van der Waals surface area contributed by atoms with E-state index in [4.69, 9.17) is 0 Å². The Labute approximate surface area is 119 Å². The lowest BCUT2D eigenvalue weighted by Crippen LogP contribution is -2.40. The zero-order chi connectivity index (χ0) is 14.1. The van der Waals surface area contributed by atoms with E-state index in [9.17, 15) is 9.18 Å². The van der Waals surface area contributed by atoms with E-state index in [1.165, 1.54) is 18.6 Å². The van der Waals surface area contributed by atoms with Crippen molar-refractivity contribution in [3.8, 4) is 0 Å². The fourth-order valence-corrected chi connectivity index (χ4v) is 3.53. The lowest BCUT2D eigenvalue weighted by Gasteiger charge is -2.28. The van der Waals surface area contributed by atoms with Gasteiger partial charge in [-0.05, 0) is 43.9 Å². The molecule has 0 aliphatic carbocycles. The highest BCUT2D eigenvalue weighted by atomic mass is 19.1. The van der Waals surface area contributed by atoms with Gasteiger partial charge in [0, 0.05) is 25.2 Å². The average Bonchev–Trinajstić information content (AvgIpc) is 3.06. The molecule has 1 N–H and O–H groups in total. The topological polar surface area (TPSA) is 32.3 Å². The lowest BCUT2D eigenvalue weighted by atomic mass is 9.88. The highest BCUT2D eigenvalue weighted by molar-refractivity contribution is 5.80. The second-order valence-corrected chi connectivity index (χ2v) is 5.87. The Hall–Kier alpha value is -1.42. The van der Waals surface area contributed by atoms with E-state index in [-0.39, 0.29) is 17.6 Å². The summed E-state index contributed by atoms with van der Waals surface area (Å²) >= 11 is 0. The van der Waals surface area contributed by atoms with E-state index in [2.05, 4.69) is 5.32 Å². The van der Waals surface area contributed by atoms with Crippen molar-refractivity contribution in [1.29, 1.82) is 0 Å². The molecule has 1 aromatic carbocycles. The minimum atomic E-state index is -0.243. The van der Waals surface area contributed by atoms with Crippen LogP contribution in [0.25, 0.3) is 0 Å². The minimum Gasteiger partial charge on any atom is -0.338 e. The number of hydrogen-bond donors (Lipinski definition) is 1. The first-order chi connectivity index (χ1) is 9.67. The molecule has 2 aliphatic heterocycles. The van der Waals surface area contributed by atoms with Crippen LogP contribution in [-0.4, -0.2) is 29.4 Å². The summed E-state index contributed by atoms with van der Waals surface area (Å²) in [6.07, 6.45) is 3.27. The van der Waals surface area contributed by atoms with Crippen molar-refractivity contribution in [2.24, 2.45) is 5.92 Å². The maximum atomic E-state index is 13.2. The van der Waals surface area contributed by atoms with Crippen LogP contribution in [0.4, 0.5) is 4.39 Å². The van der Waals surface area contributed by atoms with Gasteiger partial charge in [0.25, 0.3) is 0 Å². The summed E-state index contributed by atoms with van der Waals surface area (Å²) in [5.41, 5.74) is 0.858. The SMILES string of the molecule is CCN(Cc1cccc(F)c1)C(=O)C1CC2CCC1N2. The van der Waals surface area contributed by atoms with Gasteiger partial charge < -0.3 is 10.2 Å². The molecule has 0 radical (unpaired) electrons. The molecule has 108 valence electrons. The van der Waals surface area contributed by atoms with Crippen LogP contribution >= 0.6 is 0 Å². The van der Waals surface area contributed by atoms with Crippen LogP contribution in [0.1, 0.15) is 31.7 Å². The van der Waals surface area contributed by atoms with Gasteiger partial charge in [-0.1, -0.05) is 12.1 Å². The Morgan fingerprint density at radius 1 is 1.45 bits per heavy atom. The number of benzene rings is 1. The van der Waals surface area contributed by atoms with E-state index in [1.54, 1.807) is 6.07 Å². The van der Waals surface area contributed by atoms with Gasteiger partial charge >= 0.3 is 0 Å². The van der Waals surface area contributed by atoms with Crippen molar-refractivity contribution >= 4 is 5.91 Å². The maximum Gasteiger partial charge on any atom is 0.227 e. The van der Waals surface area contributed by atoms with Gasteiger partial charge in [-0.15, -0.1) is 0 Å². The molecule has 0 aromatic heterocycles. The van der Waals surface area contributed by atoms with Crippen LogP contribution < -0.4 is 5.32 Å². The third-order valence-corrected chi connectivity index (χ3v) is 4.57. The second-order valence-electron chi connectivity index (χ2n) is 5.87. The Bertz CT molecular complexity index is 505. The molecular formula is C16H21FN2O. The predicted molar refractivity (Wildman–Crippen MR) is 75.5 cm³/mol. The molecule has 3 nitrogen and oxygen atoms in total. The number of nitrogens with one attached hydrogen (secondary N) is 1. The average molecular weight is 276 g/mol. The monoisotopic (exact) mass is 276 g/mol. The summed E-state index contributed by atoms with van der Waals surface area (Å²) in [4.78, 5) is 14.5. The number of nitrogens with zero attached hydrogens (tertiary/aromatic N) is 1. The second kappa shape index (κ2) is 5.52. The highest BCUT2D eigenvalue weighted by Crippen LogP contribution is 2.34. The molecule has 2 saturated heterocycles. The molecule has 1 amide bonds. The van der Waals surface area contributed by atoms with Gasteiger partial charge in [0.05, 0.1) is 5.92 Å². The molecule has 0 saturated carbocycles. The van der Waals surface area contributed by atoms with Crippen molar-refractivity contribution in [3.05, 3.63) is 35.6 Å². The van der Waals surface area contributed by atoms with Crippen LogP contribution in [0.2, 0.25) is 0 Å². The summed E-state index contributed by atoms with van der Waals surface area (Å²) in [5.74, 6) is 0.0892. The first-order valence-electron chi connectivity index (χ1n) is 7.46. The third kappa shape index (κ3) is 2.57. The lowest BCUT2D eigenvalue weighted by molar-refractivity contribution is -0.136. The van der Waals surface area contributed by atoms with Crippen LogP contribution in [0.15, 0.2) is 24.3 Å². The summed E-state index contributed by atoms with van der Waals surface area (Å²) < 4.78 is 13.2. The molecular weight excluding hydrogens is 255 g/mol. The first-order valence-corrected chi connectivity index (χ1v) is 7.46. The molecule has 0 spiro atoms. The molecule has 3 unspecified atom stereocenters. The van der Waals surface area contributed by atoms with Gasteiger partial charge in [0.2, 0.25) is 5.91 Å². The molecule has 2 bridgehead atoms. The van der Waals surface area contributed by atoms with Crippen LogP contribution in [-0.2, 0) is 11.3 Å². The van der Waals surface area contributed by atoms with E-state index in [0.717, 1.165) is 18.4 Å². The van der Waals surface area contributed by atoms with Crippen LogP contribution in [0.3, 0.4) is 0 Å². The quantitative estimate of drug-likeness (QED) is 0.915. The molecule has 20 heavy (non-hydrogen) atoms. The molecule has 2 fully saturated rings. The summed E-state index contributed by atoms with van der Waals surface area (Å²) in [7, 11) is 0. The Balaban J connectivity index is 1.68. The van der Waals surface area contributed by atoms with Crippen LogP contribution in [0, 0.1) is 11.7 Å². The number of amides is 1. The van der Waals surface area contributed by atoms with Crippen LogP contribution in [0.5, 0.6) is 0 Å². The Morgan fingerprint density at radius 2 is 2.30 bits per heavy atom. The normalized spacial score (nSPS) is 27.8. The minimum absolute atomic E-state index is 0.113. The van der Waals surface area contributed by atoms with Crippen molar-refractivity contribution in [1.82, 2.24) is 10.2 Å². The molecule has 2 heterocycles. The summed E-state index contributed by atoms with van der Waals surface area (Å²) in [5, 5.41) is 3.50. The fourth-order valence-electron chi connectivity index (χ4n) is 3.53. The molecule has 1 aromatic rings. The van der Waals surface area contributed by atoms with E-state index >= 15 is 0 Å². The zero-order valence-corrected chi connectivity index (χ0v) is 11.8. The Kier molecular flexibility index (Phi) is 3.74. The number of carbonyl (C=O) groups is 1. The first kappa shape index (κ1) is 13.6. The highest BCUT2D eigenvalue weighted by Gasteiger charge is 2.43. The van der Waals surface area contributed by atoms with Gasteiger partial charge in [-0.25, -0.2) is 4.39 Å². The van der Waals surface area contributed by atoms with Crippen molar-refractivity contribution in [3.63, 3.8) is 0 Å². The van der Waals surface area contributed by atoms with Crippen molar-refractivity contribution in [2.45, 2.75) is 44.8 Å². The summed E-state index contributed by atoms with van der Waals surface area (Å²) in [6.45, 7) is 3.15. The summed E-state index contributed by atoms with van der Waals surface area (Å²) in [6, 6.07) is 7.40. The van der Waals surface area contributed by atoms with E-state index < -0.39 is 0 Å². The maximum absolute atomic E-state index is 13.2. The van der Waals surface area contributed by atoms with Gasteiger partial charge in [0.1, 0.15) is 5.82 Å². The number of rotatable bonds is 4. The fraction of sp³-hybridized carbons (Fsp3) is 0.562. The van der Waals surface area contributed by atoms with Gasteiger partial charge in [-0.2, -0.15) is 0 Å². The molecule has 4 heteroatoms. The van der Waals surface area contributed by atoms with E-state index in [0.29, 0.717) is 25.2 Å². The van der Waals surface area contributed by atoms with Crippen molar-refractivity contribution < 1.29 is 9.18 Å². The molecule has 3 atom stereocenters. The number of hydrogen-bond acceptors (Lipinski definition) is 2. The zero-order valence-electron chi connectivity index (χ0n) is 11.8. The smallest absolute Gasteiger partial charge is 0.227 e. The standard InChI is InChI=1S/C16H21FN2O/c1-2-19(10-11-4-3-5-12(17)8-11)16(20)14-9-13-6-7-15(14)18-13/h3-5,8,13-15,18H,2,6-7,9-10H2,1H3. The van der Waals surface area contributed by atoms with Gasteiger partial charge in [0.15, 0.2) is 0 Å². The Morgan fingerprint density at radius 3 is 2.90 bits per heavy atom. The van der Waals surface area contributed by atoms with E-state index in [1.807, 2.05) is 17.9 Å². The van der Waals surface area contributed by atoms with Gasteiger partial charge in [-0.3, -0.25) is 4.79 Å². The number of fused-ring (bicyclic) bond motifs is 2. The van der Waals surface area contributed by atoms with Crippen molar-refractivity contribution in [2.75, 3.05) is 6.54 Å². The largest absolute Gasteiger partial charge is 0.338 e. The third-order valence-electron chi connectivity index (χ3n) is 4.57.